The summed E-state index contributed by atoms with van der Waals surface area (Å²) in [4.78, 5) is 24.1. The van der Waals surface area contributed by atoms with Gasteiger partial charge in [-0.15, -0.1) is 0 Å². The van der Waals surface area contributed by atoms with Crippen LogP contribution in [0.3, 0.4) is 0 Å². The van der Waals surface area contributed by atoms with Crippen molar-refractivity contribution in [2.45, 2.75) is 31.2 Å². The van der Waals surface area contributed by atoms with E-state index >= 15 is 0 Å². The van der Waals surface area contributed by atoms with Gasteiger partial charge in [0, 0.05) is 13.1 Å². The Balaban J connectivity index is 1.91. The zero-order chi connectivity index (χ0) is 11.1. The molecule has 0 unspecified atom stereocenters. The van der Waals surface area contributed by atoms with Gasteiger partial charge >= 0.3 is 5.97 Å². The molecule has 1 aliphatic carbocycles. The van der Waals surface area contributed by atoms with Crippen LogP contribution in [0.15, 0.2) is 0 Å². The zero-order valence-electron chi connectivity index (χ0n) is 8.61. The van der Waals surface area contributed by atoms with E-state index in [-0.39, 0.29) is 11.8 Å². The van der Waals surface area contributed by atoms with Crippen LogP contribution in [-0.2, 0) is 9.59 Å². The lowest BCUT2D eigenvalue weighted by atomic mass is 9.92. The van der Waals surface area contributed by atoms with Crippen LogP contribution in [0.1, 0.15) is 25.7 Å². The number of likely N-dealkylation sites (tertiary alicyclic amines) is 1. The summed E-state index contributed by atoms with van der Waals surface area (Å²) in [7, 11) is 0. The second-order valence-electron chi connectivity index (χ2n) is 4.61. The molecule has 2 aliphatic rings. The van der Waals surface area contributed by atoms with E-state index in [1.54, 1.807) is 4.90 Å². The lowest BCUT2D eigenvalue weighted by molar-refractivity contribution is -0.155. The maximum Gasteiger partial charge on any atom is 0.310 e. The minimum Gasteiger partial charge on any atom is -0.481 e. The van der Waals surface area contributed by atoms with E-state index in [0.717, 1.165) is 25.7 Å². The predicted octanol–water partition coefficient (Wildman–Crippen LogP) is -0.199. The molecule has 0 atom stereocenters. The molecule has 1 heterocycles. The Kier molecular flexibility index (Phi) is 2.42. The van der Waals surface area contributed by atoms with Gasteiger partial charge < -0.3 is 15.7 Å². The summed E-state index contributed by atoms with van der Waals surface area (Å²) < 4.78 is 0. The van der Waals surface area contributed by atoms with Crippen molar-refractivity contribution in [3.8, 4) is 0 Å². The van der Waals surface area contributed by atoms with E-state index < -0.39 is 11.5 Å². The monoisotopic (exact) mass is 212 g/mol. The molecule has 0 spiro atoms. The summed E-state index contributed by atoms with van der Waals surface area (Å²) >= 11 is 0. The second-order valence-corrected chi connectivity index (χ2v) is 4.61. The number of amides is 1. The van der Waals surface area contributed by atoms with Crippen LogP contribution >= 0.6 is 0 Å². The van der Waals surface area contributed by atoms with Crippen molar-refractivity contribution in [3.63, 3.8) is 0 Å². The number of nitrogens with zero attached hydrogens (tertiary/aromatic N) is 1. The Morgan fingerprint density at radius 2 is 1.80 bits per heavy atom. The molecule has 15 heavy (non-hydrogen) atoms. The summed E-state index contributed by atoms with van der Waals surface area (Å²) in [6, 6.07) is 0. The fourth-order valence-corrected chi connectivity index (χ4v) is 2.34. The zero-order valence-corrected chi connectivity index (χ0v) is 8.61. The van der Waals surface area contributed by atoms with Crippen LogP contribution in [0.2, 0.25) is 0 Å². The molecule has 0 aromatic carbocycles. The molecule has 1 amide bonds. The van der Waals surface area contributed by atoms with E-state index in [0.29, 0.717) is 13.1 Å². The fourth-order valence-electron chi connectivity index (χ4n) is 2.34. The summed E-state index contributed by atoms with van der Waals surface area (Å²) in [6.07, 6.45) is 3.47. The Bertz CT molecular complexity index is 291. The quantitative estimate of drug-likeness (QED) is 0.664. The molecule has 0 aromatic rings. The number of hydrogen-bond donors (Lipinski definition) is 2. The normalized spacial score (nSPS) is 25.0. The maximum atomic E-state index is 11.9. The van der Waals surface area contributed by atoms with Crippen LogP contribution in [0, 0.1) is 5.92 Å². The number of rotatable bonds is 2. The standard InChI is InChI=1S/C10H16N2O3/c11-10(3-1-2-4-10)9(15)12-5-7(6-12)8(13)14/h7H,1-6,11H2,(H,13,14). The first-order valence-corrected chi connectivity index (χ1v) is 5.34. The van der Waals surface area contributed by atoms with Gasteiger partial charge in [0.2, 0.25) is 5.91 Å². The van der Waals surface area contributed by atoms with Crippen LogP contribution in [-0.4, -0.2) is 40.5 Å². The van der Waals surface area contributed by atoms with E-state index in [1.165, 1.54) is 0 Å². The number of nitrogens with two attached hydrogens (primary N) is 1. The maximum absolute atomic E-state index is 11.9. The molecule has 3 N–H and O–H groups in total. The number of carbonyl (C=O) groups is 2. The molecule has 84 valence electrons. The van der Waals surface area contributed by atoms with Gasteiger partial charge in [0.15, 0.2) is 0 Å². The highest BCUT2D eigenvalue weighted by Crippen LogP contribution is 2.31. The van der Waals surface area contributed by atoms with Gasteiger partial charge in [0.25, 0.3) is 0 Å². The Morgan fingerprint density at radius 3 is 2.27 bits per heavy atom. The molecule has 0 aromatic heterocycles. The van der Waals surface area contributed by atoms with Crippen molar-refractivity contribution < 1.29 is 14.7 Å². The molecule has 0 bridgehead atoms. The average Bonchev–Trinajstić information content (AvgIpc) is 2.49. The number of hydrogen-bond acceptors (Lipinski definition) is 3. The first-order chi connectivity index (χ1) is 7.03. The summed E-state index contributed by atoms with van der Waals surface area (Å²) in [5.41, 5.74) is 5.29. The molecule has 1 saturated heterocycles. The van der Waals surface area contributed by atoms with Crippen molar-refractivity contribution in [2.24, 2.45) is 11.7 Å². The van der Waals surface area contributed by atoms with Crippen molar-refractivity contribution in [1.29, 1.82) is 0 Å². The number of aliphatic carboxylic acids is 1. The van der Waals surface area contributed by atoms with Gasteiger partial charge in [0.1, 0.15) is 0 Å². The minimum atomic E-state index is -0.823. The fraction of sp³-hybridized carbons (Fsp3) is 0.800. The number of carboxylic acid groups (broad SMARTS) is 1. The van der Waals surface area contributed by atoms with Gasteiger partial charge in [0.05, 0.1) is 11.5 Å². The highest BCUT2D eigenvalue weighted by atomic mass is 16.4. The first-order valence-electron chi connectivity index (χ1n) is 5.34. The molecule has 2 fully saturated rings. The van der Waals surface area contributed by atoms with Crippen molar-refractivity contribution in [2.75, 3.05) is 13.1 Å². The van der Waals surface area contributed by atoms with Crippen molar-refractivity contribution >= 4 is 11.9 Å². The summed E-state index contributed by atoms with van der Waals surface area (Å²) in [5, 5.41) is 8.69. The molecule has 5 heteroatoms. The molecule has 1 saturated carbocycles. The molecule has 2 rings (SSSR count). The van der Waals surface area contributed by atoms with Gasteiger partial charge in [-0.1, -0.05) is 12.8 Å². The summed E-state index contributed by atoms with van der Waals surface area (Å²) in [6.45, 7) is 0.653. The third kappa shape index (κ3) is 1.71. The molecule has 5 nitrogen and oxygen atoms in total. The third-order valence-corrected chi connectivity index (χ3v) is 3.44. The first kappa shape index (κ1) is 10.4. The van der Waals surface area contributed by atoms with E-state index in [9.17, 15) is 9.59 Å². The lowest BCUT2D eigenvalue weighted by Crippen LogP contribution is -2.61. The molecular weight excluding hydrogens is 196 g/mol. The Labute approximate surface area is 88.2 Å². The van der Waals surface area contributed by atoms with Crippen molar-refractivity contribution in [1.82, 2.24) is 4.90 Å². The smallest absolute Gasteiger partial charge is 0.310 e. The van der Waals surface area contributed by atoms with Crippen LogP contribution in [0.25, 0.3) is 0 Å². The molecule has 1 aliphatic heterocycles. The van der Waals surface area contributed by atoms with E-state index in [2.05, 4.69) is 0 Å². The summed E-state index contributed by atoms with van der Waals surface area (Å²) in [5.74, 6) is -1.27. The highest BCUT2D eigenvalue weighted by molar-refractivity contribution is 5.88. The average molecular weight is 212 g/mol. The van der Waals surface area contributed by atoms with Gasteiger partial charge in [-0.05, 0) is 12.8 Å². The Hall–Kier alpha value is -1.10. The highest BCUT2D eigenvalue weighted by Gasteiger charge is 2.45. The van der Waals surface area contributed by atoms with E-state index in [1.807, 2.05) is 0 Å². The van der Waals surface area contributed by atoms with Gasteiger partial charge in [-0.25, -0.2) is 0 Å². The van der Waals surface area contributed by atoms with Crippen LogP contribution in [0.5, 0.6) is 0 Å². The van der Waals surface area contributed by atoms with Gasteiger partial charge in [-0.3, -0.25) is 9.59 Å². The van der Waals surface area contributed by atoms with E-state index in [4.69, 9.17) is 10.8 Å². The van der Waals surface area contributed by atoms with Gasteiger partial charge in [-0.2, -0.15) is 0 Å². The predicted molar refractivity (Wildman–Crippen MR) is 53.1 cm³/mol. The number of carbonyl (C=O) groups excluding carboxylic acids is 1. The second kappa shape index (κ2) is 3.48. The molecule has 0 radical (unpaired) electrons. The van der Waals surface area contributed by atoms with Crippen LogP contribution < -0.4 is 5.73 Å². The SMILES string of the molecule is NC1(C(=O)N2CC(C(=O)O)C2)CCCC1. The number of carboxylic acids is 1. The van der Waals surface area contributed by atoms with Crippen molar-refractivity contribution in [3.05, 3.63) is 0 Å². The largest absolute Gasteiger partial charge is 0.481 e. The third-order valence-electron chi connectivity index (χ3n) is 3.44. The molecular formula is C10H16N2O3. The lowest BCUT2D eigenvalue weighted by Gasteiger charge is -2.41. The Morgan fingerprint density at radius 1 is 1.27 bits per heavy atom. The topological polar surface area (TPSA) is 83.6 Å². The van der Waals surface area contributed by atoms with Crippen LogP contribution in [0.4, 0.5) is 0 Å². The minimum absolute atomic E-state index is 0.0579.